The molecule has 0 unspecified atom stereocenters. The highest BCUT2D eigenvalue weighted by Gasteiger charge is 2.16. The monoisotopic (exact) mass is 224 g/mol. The van der Waals surface area contributed by atoms with Crippen LogP contribution in [0.2, 0.25) is 0 Å². The van der Waals surface area contributed by atoms with Crippen LogP contribution in [0.1, 0.15) is 37.4 Å². The first kappa shape index (κ1) is 10.7. The molecule has 0 atom stereocenters. The van der Waals surface area contributed by atoms with E-state index in [-0.39, 0.29) is 5.56 Å². The molecule has 1 aliphatic rings. The number of rotatable bonds is 3. The molecule has 0 saturated heterocycles. The fourth-order valence-corrected chi connectivity index (χ4v) is 2.43. The minimum atomic E-state index is 0.0804. The van der Waals surface area contributed by atoms with E-state index in [1.165, 1.54) is 0 Å². The van der Waals surface area contributed by atoms with Crippen LogP contribution < -0.4 is 5.56 Å². The van der Waals surface area contributed by atoms with Crippen LogP contribution in [0.5, 0.6) is 0 Å². The first-order valence-electron chi connectivity index (χ1n) is 5.39. The van der Waals surface area contributed by atoms with E-state index in [2.05, 4.69) is 23.8 Å². The van der Waals surface area contributed by atoms with Gasteiger partial charge in [-0.3, -0.25) is 4.79 Å². The predicted octanol–water partition coefficient (Wildman–Crippen LogP) is 1.90. The fraction of sp³-hybridized carbons (Fsp3) is 0.636. The van der Waals surface area contributed by atoms with Gasteiger partial charge in [-0.1, -0.05) is 13.8 Å². The minimum absolute atomic E-state index is 0.0804. The maximum absolute atomic E-state index is 11.7. The average Bonchev–Trinajstić information content (AvgIpc) is 2.63. The first-order valence-corrected chi connectivity index (χ1v) is 6.44. The largest absolute Gasteiger partial charge is 0.310 e. The van der Waals surface area contributed by atoms with Crippen molar-refractivity contribution < 1.29 is 0 Å². The molecule has 1 N–H and O–H groups in total. The molecule has 0 radical (unpaired) electrons. The van der Waals surface area contributed by atoms with Gasteiger partial charge in [0.15, 0.2) is 0 Å². The molecular formula is C11H16N2OS. The van der Waals surface area contributed by atoms with Crippen molar-refractivity contribution in [1.82, 2.24) is 9.97 Å². The Labute approximate surface area is 93.7 Å². The van der Waals surface area contributed by atoms with Crippen LogP contribution in [0.3, 0.4) is 0 Å². The highest BCUT2D eigenvalue weighted by atomic mass is 32.2. The van der Waals surface area contributed by atoms with Gasteiger partial charge in [0.2, 0.25) is 0 Å². The maximum Gasteiger partial charge on any atom is 0.254 e. The molecule has 0 aromatic carbocycles. The van der Waals surface area contributed by atoms with Gasteiger partial charge in [-0.15, -0.1) is 0 Å². The van der Waals surface area contributed by atoms with Crippen molar-refractivity contribution in [3.63, 3.8) is 0 Å². The summed E-state index contributed by atoms with van der Waals surface area (Å²) in [6.45, 7) is 4.30. The Morgan fingerprint density at radius 1 is 1.47 bits per heavy atom. The van der Waals surface area contributed by atoms with Crippen molar-refractivity contribution >= 4 is 11.8 Å². The number of thioether (sulfide) groups is 1. The zero-order valence-corrected chi connectivity index (χ0v) is 9.99. The van der Waals surface area contributed by atoms with Gasteiger partial charge in [-0.2, -0.15) is 11.8 Å². The summed E-state index contributed by atoms with van der Waals surface area (Å²) < 4.78 is 0. The third kappa shape index (κ3) is 2.43. The molecule has 0 fully saturated rings. The highest BCUT2D eigenvalue weighted by Crippen LogP contribution is 2.18. The SMILES string of the molecule is CC(C)SCc1nc2c(c(=O)[nH]1)CCC2. The van der Waals surface area contributed by atoms with E-state index in [1.807, 2.05) is 0 Å². The van der Waals surface area contributed by atoms with E-state index in [0.29, 0.717) is 5.25 Å². The van der Waals surface area contributed by atoms with Crippen LogP contribution in [0.15, 0.2) is 4.79 Å². The van der Waals surface area contributed by atoms with Crippen LogP contribution >= 0.6 is 11.8 Å². The molecule has 1 aromatic heterocycles. The van der Waals surface area contributed by atoms with Crippen molar-refractivity contribution in [2.45, 2.75) is 44.1 Å². The molecule has 1 heterocycles. The molecule has 1 aliphatic carbocycles. The first-order chi connectivity index (χ1) is 7.16. The minimum Gasteiger partial charge on any atom is -0.310 e. The van der Waals surface area contributed by atoms with Crippen molar-refractivity contribution in [1.29, 1.82) is 0 Å². The lowest BCUT2D eigenvalue weighted by Crippen LogP contribution is -2.16. The fourth-order valence-electron chi connectivity index (χ4n) is 1.81. The Morgan fingerprint density at radius 2 is 2.27 bits per heavy atom. The van der Waals surface area contributed by atoms with Gasteiger partial charge in [-0.05, 0) is 24.5 Å². The van der Waals surface area contributed by atoms with E-state index in [4.69, 9.17) is 0 Å². The van der Waals surface area contributed by atoms with Crippen molar-refractivity contribution in [3.8, 4) is 0 Å². The Kier molecular flexibility index (Phi) is 3.14. The lowest BCUT2D eigenvalue weighted by Gasteiger charge is -2.05. The highest BCUT2D eigenvalue weighted by molar-refractivity contribution is 7.99. The van der Waals surface area contributed by atoms with E-state index in [1.54, 1.807) is 11.8 Å². The molecule has 15 heavy (non-hydrogen) atoms. The lowest BCUT2D eigenvalue weighted by molar-refractivity contribution is 0.893. The van der Waals surface area contributed by atoms with Crippen LogP contribution in [-0.2, 0) is 18.6 Å². The van der Waals surface area contributed by atoms with Crippen LogP contribution in [0.4, 0.5) is 0 Å². The van der Waals surface area contributed by atoms with Gasteiger partial charge in [-0.25, -0.2) is 4.98 Å². The average molecular weight is 224 g/mol. The third-order valence-electron chi connectivity index (χ3n) is 2.54. The molecule has 0 spiro atoms. The van der Waals surface area contributed by atoms with Crippen molar-refractivity contribution in [2.24, 2.45) is 0 Å². The summed E-state index contributed by atoms with van der Waals surface area (Å²) in [5.41, 5.74) is 2.02. The second-order valence-electron chi connectivity index (χ2n) is 4.15. The van der Waals surface area contributed by atoms with Crippen molar-refractivity contribution in [2.75, 3.05) is 0 Å². The number of nitrogens with one attached hydrogen (secondary N) is 1. The number of H-pyrrole nitrogens is 1. The Morgan fingerprint density at radius 3 is 3.00 bits per heavy atom. The van der Waals surface area contributed by atoms with E-state index >= 15 is 0 Å². The maximum atomic E-state index is 11.7. The van der Waals surface area contributed by atoms with Gasteiger partial charge in [0, 0.05) is 5.56 Å². The predicted molar refractivity (Wildman–Crippen MR) is 63.3 cm³/mol. The summed E-state index contributed by atoms with van der Waals surface area (Å²) in [6.07, 6.45) is 2.94. The number of hydrogen-bond donors (Lipinski definition) is 1. The Bertz CT molecular complexity index is 412. The lowest BCUT2D eigenvalue weighted by atomic mass is 10.2. The quantitative estimate of drug-likeness (QED) is 0.853. The van der Waals surface area contributed by atoms with E-state index < -0.39 is 0 Å². The second kappa shape index (κ2) is 4.39. The van der Waals surface area contributed by atoms with Gasteiger partial charge >= 0.3 is 0 Å². The molecular weight excluding hydrogens is 208 g/mol. The van der Waals surface area contributed by atoms with E-state index in [9.17, 15) is 4.79 Å². The third-order valence-corrected chi connectivity index (χ3v) is 3.65. The number of aryl methyl sites for hydroxylation is 1. The summed E-state index contributed by atoms with van der Waals surface area (Å²) in [4.78, 5) is 19.1. The Balaban J connectivity index is 2.20. The van der Waals surface area contributed by atoms with Crippen molar-refractivity contribution in [3.05, 3.63) is 27.4 Å². The number of fused-ring (bicyclic) bond motifs is 1. The topological polar surface area (TPSA) is 45.8 Å². The standard InChI is InChI=1S/C11H16N2OS/c1-7(2)15-6-10-12-9-5-3-4-8(9)11(14)13-10/h7H,3-6H2,1-2H3,(H,12,13,14). The molecule has 4 heteroatoms. The van der Waals surface area contributed by atoms with E-state index in [0.717, 1.165) is 42.1 Å². The molecule has 0 saturated carbocycles. The van der Waals surface area contributed by atoms with Gasteiger partial charge < -0.3 is 4.98 Å². The van der Waals surface area contributed by atoms with Gasteiger partial charge in [0.1, 0.15) is 5.82 Å². The molecule has 0 amide bonds. The number of aromatic amines is 1. The smallest absolute Gasteiger partial charge is 0.254 e. The summed E-state index contributed by atoms with van der Waals surface area (Å²) in [7, 11) is 0. The zero-order chi connectivity index (χ0) is 10.8. The molecule has 0 aliphatic heterocycles. The Hall–Kier alpha value is -0.770. The van der Waals surface area contributed by atoms with Crippen LogP contribution in [0.25, 0.3) is 0 Å². The van der Waals surface area contributed by atoms with Crippen LogP contribution in [-0.4, -0.2) is 15.2 Å². The summed E-state index contributed by atoms with van der Waals surface area (Å²) in [6, 6.07) is 0. The number of aromatic nitrogens is 2. The molecule has 3 nitrogen and oxygen atoms in total. The zero-order valence-electron chi connectivity index (χ0n) is 9.17. The normalized spacial score (nSPS) is 14.6. The van der Waals surface area contributed by atoms with Gasteiger partial charge in [0.05, 0.1) is 11.4 Å². The van der Waals surface area contributed by atoms with Gasteiger partial charge in [0.25, 0.3) is 5.56 Å². The summed E-state index contributed by atoms with van der Waals surface area (Å²) in [5.74, 6) is 1.64. The molecule has 2 rings (SSSR count). The number of nitrogens with zero attached hydrogens (tertiary/aromatic N) is 1. The molecule has 1 aromatic rings. The number of hydrogen-bond acceptors (Lipinski definition) is 3. The molecule has 0 bridgehead atoms. The summed E-state index contributed by atoms with van der Waals surface area (Å²) >= 11 is 1.81. The summed E-state index contributed by atoms with van der Waals surface area (Å²) in [5, 5.41) is 0.573. The van der Waals surface area contributed by atoms with Crippen LogP contribution in [0, 0.1) is 0 Å². The molecule has 82 valence electrons. The second-order valence-corrected chi connectivity index (χ2v) is 5.72.